The molecular formula is C19H12N8. The predicted octanol–water partition coefficient (Wildman–Crippen LogP) is 2.98. The molecule has 0 aliphatic heterocycles. The highest BCUT2D eigenvalue weighted by Gasteiger charge is 2.10. The number of imidazole rings is 2. The van der Waals surface area contributed by atoms with Gasteiger partial charge in [0, 0.05) is 53.7 Å². The molecule has 0 saturated heterocycles. The van der Waals surface area contributed by atoms with E-state index in [0.717, 1.165) is 39.2 Å². The Balaban J connectivity index is 1.46. The number of pyridine rings is 2. The summed E-state index contributed by atoms with van der Waals surface area (Å²) in [6, 6.07) is 7.94. The summed E-state index contributed by atoms with van der Waals surface area (Å²) >= 11 is 0. The van der Waals surface area contributed by atoms with Crippen LogP contribution in [0.1, 0.15) is 0 Å². The van der Waals surface area contributed by atoms with Gasteiger partial charge in [-0.3, -0.25) is 9.50 Å². The van der Waals surface area contributed by atoms with Crippen molar-refractivity contribution in [1.29, 1.82) is 0 Å². The van der Waals surface area contributed by atoms with Crippen LogP contribution in [0.2, 0.25) is 0 Å². The molecule has 27 heavy (non-hydrogen) atoms. The number of nitrogens with zero attached hydrogens (tertiary/aromatic N) is 7. The normalized spacial score (nSPS) is 11.7. The second-order valence-corrected chi connectivity index (χ2v) is 6.30. The van der Waals surface area contributed by atoms with Crippen LogP contribution >= 0.6 is 0 Å². The summed E-state index contributed by atoms with van der Waals surface area (Å²) in [4.78, 5) is 18.1. The van der Waals surface area contributed by atoms with E-state index < -0.39 is 0 Å². The Morgan fingerprint density at radius 3 is 2.67 bits per heavy atom. The van der Waals surface area contributed by atoms with Gasteiger partial charge in [-0.05, 0) is 18.2 Å². The summed E-state index contributed by atoms with van der Waals surface area (Å²) < 4.78 is 3.90. The molecule has 0 amide bonds. The van der Waals surface area contributed by atoms with E-state index in [1.807, 2.05) is 57.9 Å². The molecule has 0 radical (unpaired) electrons. The Bertz CT molecular complexity index is 1410. The first kappa shape index (κ1) is 14.1. The molecule has 6 rings (SSSR count). The maximum absolute atomic E-state index is 4.65. The first-order valence-corrected chi connectivity index (χ1v) is 8.42. The monoisotopic (exact) mass is 352 g/mol. The molecule has 0 unspecified atom stereocenters. The first-order valence-electron chi connectivity index (χ1n) is 8.42. The molecule has 0 saturated carbocycles. The molecule has 0 bridgehead atoms. The summed E-state index contributed by atoms with van der Waals surface area (Å²) in [6.07, 6.45) is 13.2. The van der Waals surface area contributed by atoms with Gasteiger partial charge in [-0.1, -0.05) is 6.07 Å². The van der Waals surface area contributed by atoms with Crippen LogP contribution in [-0.2, 0) is 0 Å². The van der Waals surface area contributed by atoms with Gasteiger partial charge in [0.2, 0.25) is 5.78 Å². The highest BCUT2D eigenvalue weighted by molar-refractivity contribution is 5.79. The minimum absolute atomic E-state index is 0.629. The van der Waals surface area contributed by atoms with Gasteiger partial charge in [-0.15, -0.1) is 0 Å². The van der Waals surface area contributed by atoms with Crippen LogP contribution in [0.5, 0.6) is 0 Å². The Morgan fingerprint density at radius 2 is 1.70 bits per heavy atom. The van der Waals surface area contributed by atoms with Crippen LogP contribution in [0.15, 0.2) is 67.6 Å². The second-order valence-electron chi connectivity index (χ2n) is 6.30. The van der Waals surface area contributed by atoms with Crippen LogP contribution < -0.4 is 0 Å². The third-order valence-electron chi connectivity index (χ3n) is 4.56. The fourth-order valence-electron chi connectivity index (χ4n) is 3.21. The van der Waals surface area contributed by atoms with Gasteiger partial charge in [0.1, 0.15) is 5.65 Å². The number of aromatic nitrogens is 8. The lowest BCUT2D eigenvalue weighted by molar-refractivity contribution is 1.10. The van der Waals surface area contributed by atoms with Crippen LogP contribution in [0, 0.1) is 0 Å². The topological polar surface area (TPSA) is 89.1 Å². The number of aromatic amines is 1. The van der Waals surface area contributed by atoms with Crippen molar-refractivity contribution >= 4 is 22.5 Å². The van der Waals surface area contributed by atoms with Crippen molar-refractivity contribution in [2.24, 2.45) is 0 Å². The standard InChI is InChI=1S/C19H12N8/c1-2-4-26-10-16(23-17(26)3-1)14-7-21-19-24-15(11-27(19)9-14)12-5-13-8-22-25-18(13)20-6-12/h1-11H,(H,20,22,25). The van der Waals surface area contributed by atoms with Gasteiger partial charge in [-0.2, -0.15) is 5.10 Å². The second kappa shape index (κ2) is 5.21. The highest BCUT2D eigenvalue weighted by Crippen LogP contribution is 2.23. The quantitative estimate of drug-likeness (QED) is 0.517. The Hall–Kier alpha value is -4.07. The third-order valence-corrected chi connectivity index (χ3v) is 4.56. The van der Waals surface area contributed by atoms with Gasteiger partial charge < -0.3 is 4.40 Å². The van der Waals surface area contributed by atoms with Crippen molar-refractivity contribution in [3.05, 3.63) is 67.6 Å². The third kappa shape index (κ3) is 2.20. The van der Waals surface area contributed by atoms with Crippen LogP contribution in [-0.4, -0.2) is 38.9 Å². The molecule has 6 aromatic heterocycles. The van der Waals surface area contributed by atoms with E-state index in [1.54, 1.807) is 18.6 Å². The lowest BCUT2D eigenvalue weighted by atomic mass is 10.2. The van der Waals surface area contributed by atoms with Gasteiger partial charge in [-0.25, -0.2) is 19.9 Å². The maximum Gasteiger partial charge on any atom is 0.234 e. The predicted molar refractivity (Wildman–Crippen MR) is 100 cm³/mol. The van der Waals surface area contributed by atoms with Crippen molar-refractivity contribution in [2.75, 3.05) is 0 Å². The Labute approximate surface area is 152 Å². The number of hydrogen-bond acceptors (Lipinski definition) is 5. The molecule has 8 nitrogen and oxygen atoms in total. The smallest absolute Gasteiger partial charge is 0.234 e. The fraction of sp³-hybridized carbons (Fsp3) is 0. The number of fused-ring (bicyclic) bond motifs is 3. The molecule has 0 atom stereocenters. The van der Waals surface area contributed by atoms with E-state index in [4.69, 9.17) is 0 Å². The zero-order valence-electron chi connectivity index (χ0n) is 14.0. The van der Waals surface area contributed by atoms with E-state index in [2.05, 4.69) is 30.1 Å². The number of H-pyrrole nitrogens is 1. The van der Waals surface area contributed by atoms with E-state index in [-0.39, 0.29) is 0 Å². The van der Waals surface area contributed by atoms with Crippen LogP contribution in [0.4, 0.5) is 0 Å². The van der Waals surface area contributed by atoms with E-state index in [9.17, 15) is 0 Å². The Kier molecular flexibility index (Phi) is 2.73. The average molecular weight is 352 g/mol. The van der Waals surface area contributed by atoms with Crippen molar-refractivity contribution in [1.82, 2.24) is 38.9 Å². The Morgan fingerprint density at radius 1 is 0.815 bits per heavy atom. The fourth-order valence-corrected chi connectivity index (χ4v) is 3.21. The van der Waals surface area contributed by atoms with E-state index in [0.29, 0.717) is 5.78 Å². The van der Waals surface area contributed by atoms with Gasteiger partial charge in [0.05, 0.1) is 17.6 Å². The summed E-state index contributed by atoms with van der Waals surface area (Å²) in [6.45, 7) is 0. The molecule has 1 N–H and O–H groups in total. The zero-order chi connectivity index (χ0) is 17.8. The van der Waals surface area contributed by atoms with Gasteiger partial charge >= 0.3 is 0 Å². The van der Waals surface area contributed by atoms with Crippen LogP contribution in [0.3, 0.4) is 0 Å². The highest BCUT2D eigenvalue weighted by atomic mass is 15.1. The summed E-state index contributed by atoms with van der Waals surface area (Å²) in [5.74, 6) is 0.629. The largest absolute Gasteiger partial charge is 0.306 e. The summed E-state index contributed by atoms with van der Waals surface area (Å²) in [7, 11) is 0. The van der Waals surface area contributed by atoms with Crippen LogP contribution in [0.25, 0.3) is 45.0 Å². The lowest BCUT2D eigenvalue weighted by Crippen LogP contribution is -1.89. The number of rotatable bonds is 2. The number of nitrogens with one attached hydrogen (secondary N) is 1. The molecule has 0 aliphatic rings. The first-order chi connectivity index (χ1) is 13.3. The molecular weight excluding hydrogens is 340 g/mol. The zero-order valence-corrected chi connectivity index (χ0v) is 14.0. The molecule has 0 fully saturated rings. The van der Waals surface area contributed by atoms with Gasteiger partial charge in [0.15, 0.2) is 5.65 Å². The van der Waals surface area contributed by atoms with Crippen molar-refractivity contribution < 1.29 is 0 Å². The van der Waals surface area contributed by atoms with Crippen molar-refractivity contribution in [3.63, 3.8) is 0 Å². The van der Waals surface area contributed by atoms with Crippen molar-refractivity contribution in [3.8, 4) is 22.5 Å². The molecule has 0 aliphatic carbocycles. The van der Waals surface area contributed by atoms with E-state index >= 15 is 0 Å². The maximum atomic E-state index is 4.65. The molecule has 6 heterocycles. The summed E-state index contributed by atoms with van der Waals surface area (Å²) in [5.41, 5.74) is 5.19. The summed E-state index contributed by atoms with van der Waals surface area (Å²) in [5, 5.41) is 7.81. The molecule has 0 spiro atoms. The number of hydrogen-bond donors (Lipinski definition) is 1. The SMILES string of the molecule is c1ccn2cc(-c3cnc4nc(-c5cnc6[nH]ncc6c5)cn4c3)nc2c1. The molecule has 6 aromatic rings. The van der Waals surface area contributed by atoms with Gasteiger partial charge in [0.25, 0.3) is 0 Å². The lowest BCUT2D eigenvalue weighted by Gasteiger charge is -1.97. The molecule has 8 heteroatoms. The average Bonchev–Trinajstić information content (AvgIpc) is 3.42. The minimum atomic E-state index is 0.629. The van der Waals surface area contributed by atoms with E-state index in [1.165, 1.54) is 0 Å². The molecule has 0 aromatic carbocycles. The van der Waals surface area contributed by atoms with Crippen molar-refractivity contribution in [2.45, 2.75) is 0 Å². The minimum Gasteiger partial charge on any atom is -0.306 e. The molecule has 128 valence electrons.